The Morgan fingerprint density at radius 3 is 1.12 bits per heavy atom. The van der Waals surface area contributed by atoms with Crippen LogP contribution in [0.15, 0.2) is 30.3 Å². The van der Waals surface area contributed by atoms with Gasteiger partial charge in [-0.1, -0.05) is 115 Å². The summed E-state index contributed by atoms with van der Waals surface area (Å²) in [6.07, 6.45) is 20.2. The highest BCUT2D eigenvalue weighted by Crippen LogP contribution is 2.14. The molecule has 0 bridgehead atoms. The standard InChI is InChI=1S/C39H68O10/c1-2-3-4-5-6-7-8-9-10-11-12-13-14-15-19-22-38(40)48-35-33-46-31-29-44-27-25-42-23-24-43-26-28-45-30-32-47-34-36-49-39(41)37-20-17-16-18-21-37/h16-18,20-21H,2-15,19,22-36H2,1H3. The van der Waals surface area contributed by atoms with E-state index in [2.05, 4.69) is 6.92 Å². The lowest BCUT2D eigenvalue weighted by atomic mass is 10.0. The molecular weight excluding hydrogens is 628 g/mol. The molecule has 0 atom stereocenters. The number of benzene rings is 1. The molecule has 0 N–H and O–H groups in total. The van der Waals surface area contributed by atoms with Gasteiger partial charge in [-0.15, -0.1) is 0 Å². The molecule has 1 rings (SSSR count). The van der Waals surface area contributed by atoms with Crippen LogP contribution in [-0.4, -0.2) is 104 Å². The first kappa shape index (κ1) is 44.9. The van der Waals surface area contributed by atoms with Crippen LogP contribution in [0.3, 0.4) is 0 Å². The van der Waals surface area contributed by atoms with E-state index in [0.717, 1.165) is 12.8 Å². The van der Waals surface area contributed by atoms with Gasteiger partial charge in [-0.05, 0) is 18.6 Å². The second-order valence-electron chi connectivity index (χ2n) is 12.1. The molecule has 49 heavy (non-hydrogen) atoms. The van der Waals surface area contributed by atoms with Crippen LogP contribution in [0.2, 0.25) is 0 Å². The van der Waals surface area contributed by atoms with Crippen molar-refractivity contribution in [3.05, 3.63) is 35.9 Å². The average molecular weight is 697 g/mol. The first-order valence-corrected chi connectivity index (χ1v) is 19.1. The normalized spacial score (nSPS) is 11.2. The summed E-state index contributed by atoms with van der Waals surface area (Å²) in [5, 5.41) is 0. The van der Waals surface area contributed by atoms with Crippen LogP contribution in [-0.2, 0) is 42.7 Å². The maximum absolute atomic E-state index is 11.9. The molecule has 0 saturated carbocycles. The van der Waals surface area contributed by atoms with Crippen molar-refractivity contribution in [2.24, 2.45) is 0 Å². The van der Waals surface area contributed by atoms with Gasteiger partial charge >= 0.3 is 11.9 Å². The van der Waals surface area contributed by atoms with Crippen molar-refractivity contribution in [3.63, 3.8) is 0 Å². The lowest BCUT2D eigenvalue weighted by molar-refractivity contribution is -0.145. The predicted molar refractivity (Wildman–Crippen MR) is 192 cm³/mol. The van der Waals surface area contributed by atoms with Gasteiger partial charge in [0.05, 0.1) is 84.8 Å². The molecule has 0 aliphatic heterocycles. The van der Waals surface area contributed by atoms with Crippen LogP contribution in [0.1, 0.15) is 120 Å². The third-order valence-electron chi connectivity index (χ3n) is 7.81. The molecule has 0 unspecified atom stereocenters. The Labute approximate surface area is 297 Å². The van der Waals surface area contributed by atoms with Gasteiger partial charge in [-0.3, -0.25) is 4.79 Å². The third-order valence-corrected chi connectivity index (χ3v) is 7.81. The third kappa shape index (κ3) is 32.9. The van der Waals surface area contributed by atoms with Gasteiger partial charge in [-0.2, -0.15) is 0 Å². The van der Waals surface area contributed by atoms with Crippen LogP contribution in [0.25, 0.3) is 0 Å². The summed E-state index contributed by atoms with van der Waals surface area (Å²) in [5.41, 5.74) is 0.527. The fraction of sp³-hybridized carbons (Fsp3) is 0.795. The monoisotopic (exact) mass is 696 g/mol. The molecule has 0 saturated heterocycles. The smallest absolute Gasteiger partial charge is 0.338 e. The predicted octanol–water partition coefficient (Wildman–Crippen LogP) is 7.75. The lowest BCUT2D eigenvalue weighted by Crippen LogP contribution is -2.15. The molecule has 1 aromatic rings. The maximum Gasteiger partial charge on any atom is 0.338 e. The van der Waals surface area contributed by atoms with Crippen molar-refractivity contribution in [1.29, 1.82) is 0 Å². The van der Waals surface area contributed by atoms with E-state index in [9.17, 15) is 9.59 Å². The summed E-state index contributed by atoms with van der Waals surface area (Å²) in [5.74, 6) is -0.489. The van der Waals surface area contributed by atoms with E-state index in [4.69, 9.17) is 37.9 Å². The van der Waals surface area contributed by atoms with Gasteiger partial charge in [0.25, 0.3) is 0 Å². The largest absolute Gasteiger partial charge is 0.463 e. The first-order chi connectivity index (χ1) is 24.2. The molecule has 10 nitrogen and oxygen atoms in total. The zero-order valence-electron chi connectivity index (χ0n) is 30.7. The number of carbonyl (C=O) groups excluding carboxylic acids is 2. The van der Waals surface area contributed by atoms with Gasteiger partial charge in [-0.25, -0.2) is 4.79 Å². The van der Waals surface area contributed by atoms with Crippen LogP contribution in [0.4, 0.5) is 0 Å². The number of carbonyl (C=O) groups is 2. The maximum atomic E-state index is 11.9. The van der Waals surface area contributed by atoms with Crippen molar-refractivity contribution >= 4 is 11.9 Å². The zero-order chi connectivity index (χ0) is 35.1. The Morgan fingerprint density at radius 1 is 0.408 bits per heavy atom. The first-order valence-electron chi connectivity index (χ1n) is 19.1. The van der Waals surface area contributed by atoms with Gasteiger partial charge in [0.2, 0.25) is 0 Å². The summed E-state index contributed by atoms with van der Waals surface area (Å²) in [4.78, 5) is 23.7. The molecule has 0 aliphatic rings. The van der Waals surface area contributed by atoms with Crippen molar-refractivity contribution in [1.82, 2.24) is 0 Å². The number of ether oxygens (including phenoxy) is 8. The fourth-order valence-corrected chi connectivity index (χ4v) is 4.98. The molecule has 0 fully saturated rings. The van der Waals surface area contributed by atoms with E-state index in [1.54, 1.807) is 24.3 Å². The molecule has 10 heteroatoms. The van der Waals surface area contributed by atoms with Gasteiger partial charge in [0, 0.05) is 6.42 Å². The molecule has 1 aromatic carbocycles. The Morgan fingerprint density at radius 2 is 0.735 bits per heavy atom. The molecular formula is C39H68O10. The van der Waals surface area contributed by atoms with E-state index < -0.39 is 0 Å². The van der Waals surface area contributed by atoms with Crippen LogP contribution in [0, 0.1) is 0 Å². The van der Waals surface area contributed by atoms with Gasteiger partial charge < -0.3 is 37.9 Å². The summed E-state index contributed by atoms with van der Waals surface area (Å²) in [6, 6.07) is 8.86. The highest BCUT2D eigenvalue weighted by Gasteiger charge is 2.05. The fourth-order valence-electron chi connectivity index (χ4n) is 4.98. The second kappa shape index (κ2) is 37.2. The highest BCUT2D eigenvalue weighted by molar-refractivity contribution is 5.89. The number of hydrogen-bond donors (Lipinski definition) is 0. The Bertz CT molecular complexity index is 838. The van der Waals surface area contributed by atoms with Gasteiger partial charge in [0.1, 0.15) is 13.2 Å². The van der Waals surface area contributed by atoms with Crippen LogP contribution >= 0.6 is 0 Å². The average Bonchev–Trinajstić information content (AvgIpc) is 3.12. The van der Waals surface area contributed by atoms with Gasteiger partial charge in [0.15, 0.2) is 0 Å². The lowest BCUT2D eigenvalue weighted by Gasteiger charge is -2.09. The Hall–Kier alpha value is -2.08. The van der Waals surface area contributed by atoms with Crippen molar-refractivity contribution < 1.29 is 47.5 Å². The van der Waals surface area contributed by atoms with Crippen molar-refractivity contribution in [2.75, 3.05) is 92.5 Å². The molecule has 0 heterocycles. The molecule has 0 aliphatic carbocycles. The quantitative estimate of drug-likeness (QED) is 0.0503. The highest BCUT2D eigenvalue weighted by atomic mass is 16.6. The summed E-state index contributed by atoms with van der Waals surface area (Å²) >= 11 is 0. The summed E-state index contributed by atoms with van der Waals surface area (Å²) < 4.78 is 43.1. The number of rotatable bonds is 38. The minimum Gasteiger partial charge on any atom is -0.463 e. The topological polar surface area (TPSA) is 108 Å². The Balaban J connectivity index is 1.67. The number of esters is 2. The Kier molecular flexibility index (Phi) is 34.1. The second-order valence-corrected chi connectivity index (χ2v) is 12.1. The zero-order valence-corrected chi connectivity index (χ0v) is 30.7. The molecule has 0 spiro atoms. The SMILES string of the molecule is CCCCCCCCCCCCCCCCCC(=O)OCCOCCOCCOCCOCCOCCOCCOC(=O)c1ccccc1. The van der Waals surface area contributed by atoms with Crippen molar-refractivity contribution in [2.45, 2.75) is 110 Å². The van der Waals surface area contributed by atoms with Crippen LogP contribution in [0.5, 0.6) is 0 Å². The molecule has 0 radical (unpaired) electrons. The van der Waals surface area contributed by atoms with E-state index in [1.165, 1.54) is 83.5 Å². The van der Waals surface area contributed by atoms with E-state index in [-0.39, 0.29) is 25.2 Å². The number of unbranched alkanes of at least 4 members (excludes halogenated alkanes) is 14. The molecule has 0 aromatic heterocycles. The summed E-state index contributed by atoms with van der Waals surface area (Å²) in [7, 11) is 0. The van der Waals surface area contributed by atoms with Crippen LogP contribution < -0.4 is 0 Å². The van der Waals surface area contributed by atoms with E-state index >= 15 is 0 Å². The minimum absolute atomic E-state index is 0.134. The van der Waals surface area contributed by atoms with Crippen molar-refractivity contribution in [3.8, 4) is 0 Å². The number of hydrogen-bond acceptors (Lipinski definition) is 10. The minimum atomic E-state index is -0.355. The molecule has 0 amide bonds. The van der Waals surface area contributed by atoms with E-state index in [0.29, 0.717) is 91.3 Å². The summed E-state index contributed by atoms with van der Waals surface area (Å²) in [6.45, 7) is 8.10. The molecule has 284 valence electrons. The van der Waals surface area contributed by atoms with E-state index in [1.807, 2.05) is 6.07 Å².